The van der Waals surface area contributed by atoms with Crippen LogP contribution in [0.4, 0.5) is 5.69 Å². The van der Waals surface area contributed by atoms with Gasteiger partial charge in [0, 0.05) is 18.4 Å². The number of carbonyl (C=O) groups excluding carboxylic acids is 1. The van der Waals surface area contributed by atoms with Gasteiger partial charge in [0.25, 0.3) is 5.91 Å². The molecule has 1 N–H and O–H groups in total. The number of carboxylic acids is 1. The fourth-order valence-corrected chi connectivity index (χ4v) is 2.39. The maximum Gasteiger partial charge on any atom is 0.335 e. The van der Waals surface area contributed by atoms with Gasteiger partial charge in [-0.05, 0) is 37.1 Å². The van der Waals surface area contributed by atoms with E-state index in [0.29, 0.717) is 13.0 Å². The number of aromatic carboxylic acids is 1. The molecule has 0 aliphatic carbocycles. The van der Waals surface area contributed by atoms with E-state index in [4.69, 9.17) is 5.11 Å². The van der Waals surface area contributed by atoms with Gasteiger partial charge in [0.15, 0.2) is 0 Å². The van der Waals surface area contributed by atoms with E-state index in [1.54, 1.807) is 30.2 Å². The molecule has 3 rings (SSSR count). The van der Waals surface area contributed by atoms with Crippen LogP contribution >= 0.6 is 0 Å². The van der Waals surface area contributed by atoms with Crippen LogP contribution in [0.25, 0.3) is 0 Å². The van der Waals surface area contributed by atoms with Crippen LogP contribution in [0.15, 0.2) is 30.6 Å². The number of fused-ring (bicyclic) bond motifs is 1. The van der Waals surface area contributed by atoms with Crippen LogP contribution in [0.5, 0.6) is 0 Å². The van der Waals surface area contributed by atoms with Gasteiger partial charge >= 0.3 is 5.97 Å². The molecule has 1 amide bonds. The Kier molecular flexibility index (Phi) is 3.13. The second-order valence-electron chi connectivity index (χ2n) is 4.90. The molecule has 0 radical (unpaired) electrons. The van der Waals surface area contributed by atoms with E-state index in [9.17, 15) is 9.59 Å². The number of amides is 1. The fourth-order valence-electron chi connectivity index (χ4n) is 2.39. The van der Waals surface area contributed by atoms with Crippen molar-refractivity contribution in [3.8, 4) is 0 Å². The van der Waals surface area contributed by atoms with Gasteiger partial charge < -0.3 is 10.0 Å². The molecule has 0 unspecified atom stereocenters. The molecule has 1 aliphatic heterocycles. The van der Waals surface area contributed by atoms with Crippen molar-refractivity contribution in [1.29, 1.82) is 0 Å². The molecule has 1 aromatic carbocycles. The molecule has 6 nitrogen and oxygen atoms in total. The lowest BCUT2D eigenvalue weighted by Gasteiger charge is -2.16. The topological polar surface area (TPSA) is 83.4 Å². The monoisotopic (exact) mass is 283 g/mol. The SMILES string of the molecule is Cc1cnc(C(=O)N2CCc3cc(C(=O)O)ccc32)cn1. The maximum absolute atomic E-state index is 12.4. The van der Waals surface area contributed by atoms with Crippen LogP contribution in [0.1, 0.15) is 32.1 Å². The maximum atomic E-state index is 12.4. The standard InChI is InChI=1S/C15H13N3O3/c1-9-7-17-12(8-16-9)14(19)18-5-4-10-6-11(15(20)21)2-3-13(10)18/h2-3,6-8H,4-5H2,1H3,(H,20,21). The summed E-state index contributed by atoms with van der Waals surface area (Å²) in [5, 5.41) is 9.00. The smallest absolute Gasteiger partial charge is 0.335 e. The van der Waals surface area contributed by atoms with Gasteiger partial charge in [0.2, 0.25) is 0 Å². The number of carboxylic acid groups (broad SMARTS) is 1. The number of rotatable bonds is 2. The summed E-state index contributed by atoms with van der Waals surface area (Å²) < 4.78 is 0. The average Bonchev–Trinajstić information content (AvgIpc) is 2.90. The minimum atomic E-state index is -0.966. The van der Waals surface area contributed by atoms with E-state index in [2.05, 4.69) is 9.97 Å². The minimum Gasteiger partial charge on any atom is -0.478 e. The summed E-state index contributed by atoms with van der Waals surface area (Å²) in [6.45, 7) is 2.33. The van der Waals surface area contributed by atoms with Gasteiger partial charge in [-0.15, -0.1) is 0 Å². The molecule has 1 aromatic heterocycles. The number of nitrogens with zero attached hydrogens (tertiary/aromatic N) is 3. The number of aryl methyl sites for hydroxylation is 1. The Bertz CT molecular complexity index is 725. The molecule has 21 heavy (non-hydrogen) atoms. The predicted octanol–water partition coefficient (Wildman–Crippen LogP) is 1.69. The Morgan fingerprint density at radius 1 is 1.24 bits per heavy atom. The van der Waals surface area contributed by atoms with Crippen molar-refractivity contribution in [2.75, 3.05) is 11.4 Å². The van der Waals surface area contributed by atoms with Crippen LogP contribution in [0.3, 0.4) is 0 Å². The second-order valence-corrected chi connectivity index (χ2v) is 4.90. The van der Waals surface area contributed by atoms with Crippen molar-refractivity contribution < 1.29 is 14.7 Å². The van der Waals surface area contributed by atoms with Gasteiger partial charge in [-0.25, -0.2) is 9.78 Å². The Balaban J connectivity index is 1.92. The number of aromatic nitrogens is 2. The van der Waals surface area contributed by atoms with E-state index in [1.165, 1.54) is 12.3 Å². The molecule has 2 aromatic rings. The zero-order valence-corrected chi connectivity index (χ0v) is 11.4. The second kappa shape index (κ2) is 4.97. The number of hydrogen-bond donors (Lipinski definition) is 1. The van der Waals surface area contributed by atoms with Gasteiger partial charge in [0.1, 0.15) is 5.69 Å². The highest BCUT2D eigenvalue weighted by Crippen LogP contribution is 2.29. The highest BCUT2D eigenvalue weighted by molar-refractivity contribution is 6.06. The molecule has 2 heterocycles. The third-order valence-electron chi connectivity index (χ3n) is 3.47. The number of benzene rings is 1. The predicted molar refractivity (Wildman–Crippen MR) is 75.6 cm³/mol. The fraction of sp³-hybridized carbons (Fsp3) is 0.200. The molecule has 0 atom stereocenters. The molecular formula is C15H13N3O3. The van der Waals surface area contributed by atoms with Gasteiger partial charge in [-0.3, -0.25) is 9.78 Å². The van der Waals surface area contributed by atoms with Gasteiger partial charge in [-0.1, -0.05) is 0 Å². The summed E-state index contributed by atoms with van der Waals surface area (Å²) in [6.07, 6.45) is 3.65. The van der Waals surface area contributed by atoms with Gasteiger partial charge in [0.05, 0.1) is 17.5 Å². The first-order valence-corrected chi connectivity index (χ1v) is 6.53. The highest BCUT2D eigenvalue weighted by atomic mass is 16.4. The lowest BCUT2D eigenvalue weighted by Crippen LogP contribution is -2.29. The Hall–Kier alpha value is -2.76. The molecule has 0 saturated carbocycles. The summed E-state index contributed by atoms with van der Waals surface area (Å²) >= 11 is 0. The van der Waals surface area contributed by atoms with Crippen LogP contribution in [0.2, 0.25) is 0 Å². The van der Waals surface area contributed by atoms with Crippen LogP contribution < -0.4 is 4.90 Å². The molecule has 0 spiro atoms. The van der Waals surface area contributed by atoms with Crippen molar-refractivity contribution in [2.45, 2.75) is 13.3 Å². The lowest BCUT2D eigenvalue weighted by atomic mass is 10.1. The molecule has 0 fully saturated rings. The van der Waals surface area contributed by atoms with Crippen LogP contribution in [-0.2, 0) is 6.42 Å². The third-order valence-corrected chi connectivity index (χ3v) is 3.47. The molecule has 1 aliphatic rings. The normalized spacial score (nSPS) is 13.1. The van der Waals surface area contributed by atoms with Gasteiger partial charge in [-0.2, -0.15) is 0 Å². The quantitative estimate of drug-likeness (QED) is 0.906. The van der Waals surface area contributed by atoms with E-state index in [0.717, 1.165) is 16.9 Å². The first-order valence-electron chi connectivity index (χ1n) is 6.53. The average molecular weight is 283 g/mol. The third kappa shape index (κ3) is 2.35. The molecule has 0 bridgehead atoms. The van der Waals surface area contributed by atoms with Crippen molar-refractivity contribution >= 4 is 17.6 Å². The highest BCUT2D eigenvalue weighted by Gasteiger charge is 2.27. The zero-order valence-electron chi connectivity index (χ0n) is 11.4. The Morgan fingerprint density at radius 2 is 2.05 bits per heavy atom. The number of carbonyl (C=O) groups is 2. The summed E-state index contributed by atoms with van der Waals surface area (Å²) in [7, 11) is 0. The van der Waals surface area contributed by atoms with Crippen molar-refractivity contribution in [1.82, 2.24) is 9.97 Å². The van der Waals surface area contributed by atoms with Crippen molar-refractivity contribution in [3.63, 3.8) is 0 Å². The molecule has 6 heteroatoms. The first kappa shape index (κ1) is 13.2. The summed E-state index contributed by atoms with van der Waals surface area (Å²) in [6, 6.07) is 4.80. The first-order chi connectivity index (χ1) is 10.1. The molecule has 106 valence electrons. The number of anilines is 1. The van der Waals surface area contributed by atoms with E-state index in [-0.39, 0.29) is 17.2 Å². The zero-order chi connectivity index (χ0) is 15.0. The summed E-state index contributed by atoms with van der Waals surface area (Å²) in [5.74, 6) is -1.18. The van der Waals surface area contributed by atoms with Crippen molar-refractivity contribution in [3.05, 3.63) is 53.1 Å². The van der Waals surface area contributed by atoms with E-state index >= 15 is 0 Å². The molecular weight excluding hydrogens is 270 g/mol. The summed E-state index contributed by atoms with van der Waals surface area (Å²) in [5.41, 5.74) is 2.88. The lowest BCUT2D eigenvalue weighted by molar-refractivity contribution is 0.0696. The molecule has 0 saturated heterocycles. The van der Waals surface area contributed by atoms with E-state index < -0.39 is 5.97 Å². The van der Waals surface area contributed by atoms with Crippen molar-refractivity contribution in [2.24, 2.45) is 0 Å². The Morgan fingerprint density at radius 3 is 2.71 bits per heavy atom. The summed E-state index contributed by atoms with van der Waals surface area (Å²) in [4.78, 5) is 33.2. The van der Waals surface area contributed by atoms with Crippen LogP contribution in [0, 0.1) is 6.92 Å². The Labute approximate surface area is 121 Å². The largest absolute Gasteiger partial charge is 0.478 e. The number of hydrogen-bond acceptors (Lipinski definition) is 4. The van der Waals surface area contributed by atoms with Crippen LogP contribution in [-0.4, -0.2) is 33.5 Å². The van der Waals surface area contributed by atoms with E-state index in [1.807, 2.05) is 0 Å². The minimum absolute atomic E-state index is 0.218.